The van der Waals surface area contributed by atoms with Crippen LogP contribution in [-0.2, 0) is 6.37 Å². The number of benzene rings is 2. The second kappa shape index (κ2) is 7.07. The Morgan fingerprint density at radius 1 is 0.923 bits per heavy atom. The van der Waals surface area contributed by atoms with E-state index in [-0.39, 0.29) is 16.7 Å². The van der Waals surface area contributed by atoms with Gasteiger partial charge >= 0.3 is 0 Å². The number of pyridine rings is 1. The van der Waals surface area contributed by atoms with Crippen molar-refractivity contribution in [3.63, 3.8) is 0 Å². The second-order valence-electron chi connectivity index (χ2n) is 7.57. The molecule has 0 saturated heterocycles. The van der Waals surface area contributed by atoms with Gasteiger partial charge in [-0.05, 0) is 77.9 Å². The van der Waals surface area contributed by atoms with Crippen molar-refractivity contribution in [2.45, 2.75) is 47.8 Å². The van der Waals surface area contributed by atoms with Crippen molar-refractivity contribution in [1.29, 1.82) is 0 Å². The third-order valence-corrected chi connectivity index (χ3v) is 4.14. The molecule has 0 radical (unpaired) electrons. The van der Waals surface area contributed by atoms with E-state index in [1.165, 1.54) is 12.3 Å². The summed E-state index contributed by atoms with van der Waals surface area (Å²) in [6.07, 6.45) is -0.732. The molecule has 0 aliphatic carbocycles. The topological polar surface area (TPSA) is 12.9 Å². The van der Waals surface area contributed by atoms with Crippen LogP contribution in [0.3, 0.4) is 0 Å². The Balaban J connectivity index is 2.33. The molecule has 0 unspecified atom stereocenters. The number of hydrogen-bond acceptors (Lipinski definition) is 1. The highest BCUT2D eigenvalue weighted by molar-refractivity contribution is 5.76. The van der Waals surface area contributed by atoms with Crippen LogP contribution < -0.4 is 0 Å². The first kappa shape index (κ1) is 10.7. The Labute approximate surface area is 169 Å². The van der Waals surface area contributed by atoms with Crippen molar-refractivity contribution in [3.05, 3.63) is 77.0 Å². The molecule has 0 atom stereocenters. The zero-order valence-electron chi connectivity index (χ0n) is 23.6. The van der Waals surface area contributed by atoms with Gasteiger partial charge in [0.15, 0.2) is 0 Å². The summed E-state index contributed by atoms with van der Waals surface area (Å²) in [5.74, 6) is 0. The molecule has 134 valence electrons. The first-order valence-electron chi connectivity index (χ1n) is 12.7. The maximum absolute atomic E-state index is 8.76. The second-order valence-corrected chi connectivity index (χ2v) is 7.57. The SMILES string of the molecule is [2H]C([2H])([2H])c1cc(C)c(-c2cc(C([2H])([2H])C(C)(C)C)c(C([2H])([2H])[2H])cn2)cc1-c1ccccc1. The van der Waals surface area contributed by atoms with E-state index in [1.54, 1.807) is 39.8 Å². The summed E-state index contributed by atoms with van der Waals surface area (Å²) >= 11 is 0. The van der Waals surface area contributed by atoms with Crippen LogP contribution >= 0.6 is 0 Å². The third kappa shape index (κ3) is 4.04. The molecule has 0 saturated carbocycles. The molecule has 1 heteroatoms. The first-order valence-corrected chi connectivity index (χ1v) is 8.66. The average Bonchev–Trinajstić information content (AvgIpc) is 2.71. The van der Waals surface area contributed by atoms with Crippen LogP contribution in [0.25, 0.3) is 22.4 Å². The van der Waals surface area contributed by atoms with Gasteiger partial charge in [-0.2, -0.15) is 0 Å². The van der Waals surface area contributed by atoms with Crippen LogP contribution in [0.4, 0.5) is 0 Å². The van der Waals surface area contributed by atoms with Gasteiger partial charge in [-0.1, -0.05) is 57.2 Å². The average molecular weight is 352 g/mol. The van der Waals surface area contributed by atoms with E-state index in [4.69, 9.17) is 11.0 Å². The molecular formula is C25H29N. The fraction of sp³-hybridized carbons (Fsp3) is 0.320. The molecule has 0 N–H and O–H groups in total. The Morgan fingerprint density at radius 3 is 2.31 bits per heavy atom. The van der Waals surface area contributed by atoms with E-state index < -0.39 is 25.5 Å². The summed E-state index contributed by atoms with van der Waals surface area (Å²) in [5.41, 5.74) is 2.20. The fourth-order valence-corrected chi connectivity index (χ4v) is 2.95. The number of rotatable bonds is 3. The molecule has 0 aliphatic rings. The molecule has 0 spiro atoms. The zero-order valence-corrected chi connectivity index (χ0v) is 15.6. The lowest BCUT2D eigenvalue weighted by molar-refractivity contribution is 0.410. The van der Waals surface area contributed by atoms with Gasteiger partial charge in [0.1, 0.15) is 0 Å². The highest BCUT2D eigenvalue weighted by Crippen LogP contribution is 2.33. The number of nitrogens with zero attached hydrogens (tertiary/aromatic N) is 1. The quantitative estimate of drug-likeness (QED) is 0.498. The molecule has 0 fully saturated rings. The van der Waals surface area contributed by atoms with Crippen molar-refractivity contribution in [1.82, 2.24) is 4.98 Å². The predicted octanol–water partition coefficient (Wildman–Crippen LogP) is 6.93. The van der Waals surface area contributed by atoms with Gasteiger partial charge in [-0.25, -0.2) is 0 Å². The minimum atomic E-state index is -2.53. The van der Waals surface area contributed by atoms with Gasteiger partial charge in [0.2, 0.25) is 0 Å². The Bertz CT molecular complexity index is 1190. The predicted molar refractivity (Wildman–Crippen MR) is 112 cm³/mol. The summed E-state index contributed by atoms with van der Waals surface area (Å²) in [5, 5.41) is 0. The van der Waals surface area contributed by atoms with Gasteiger partial charge in [0.25, 0.3) is 0 Å². The molecule has 26 heavy (non-hydrogen) atoms. The minimum absolute atomic E-state index is 0.0607. The number of hydrogen-bond donors (Lipinski definition) is 0. The zero-order chi connectivity index (χ0) is 25.7. The summed E-state index contributed by atoms with van der Waals surface area (Å²) < 4.78 is 65.4. The number of aromatic nitrogens is 1. The van der Waals surface area contributed by atoms with Gasteiger partial charge in [0.05, 0.1) is 5.69 Å². The third-order valence-electron chi connectivity index (χ3n) is 4.14. The van der Waals surface area contributed by atoms with Crippen LogP contribution in [0.15, 0.2) is 54.7 Å². The lowest BCUT2D eigenvalue weighted by atomic mass is 9.86. The van der Waals surface area contributed by atoms with Gasteiger partial charge in [-0.15, -0.1) is 0 Å². The lowest BCUT2D eigenvalue weighted by Crippen LogP contribution is -2.10. The van der Waals surface area contributed by atoms with Crippen molar-refractivity contribution < 1.29 is 11.0 Å². The summed E-state index contributed by atoms with van der Waals surface area (Å²) in [6.45, 7) is 2.08. The van der Waals surface area contributed by atoms with E-state index >= 15 is 0 Å². The minimum Gasteiger partial charge on any atom is -0.256 e. The maximum Gasteiger partial charge on any atom is 0.0707 e. The monoisotopic (exact) mass is 351 g/mol. The molecule has 1 heterocycles. The van der Waals surface area contributed by atoms with Crippen LogP contribution in [0, 0.1) is 26.0 Å². The van der Waals surface area contributed by atoms with Crippen molar-refractivity contribution in [2.24, 2.45) is 5.41 Å². The highest BCUT2D eigenvalue weighted by atomic mass is 14.7. The molecular weight excluding hydrogens is 314 g/mol. The highest BCUT2D eigenvalue weighted by Gasteiger charge is 2.15. The van der Waals surface area contributed by atoms with E-state index in [0.717, 1.165) is 5.56 Å². The smallest absolute Gasteiger partial charge is 0.0707 e. The normalized spacial score (nSPS) is 17.7. The van der Waals surface area contributed by atoms with Crippen LogP contribution in [0.5, 0.6) is 0 Å². The molecule has 1 aromatic heterocycles. The Kier molecular flexibility index (Phi) is 2.90. The van der Waals surface area contributed by atoms with Crippen LogP contribution in [0.1, 0.15) is 54.0 Å². The molecule has 1 nitrogen and oxygen atoms in total. The largest absolute Gasteiger partial charge is 0.256 e. The molecule has 3 aromatic rings. The van der Waals surface area contributed by atoms with Gasteiger partial charge in [0, 0.05) is 22.7 Å². The van der Waals surface area contributed by atoms with Gasteiger partial charge in [-0.3, -0.25) is 4.98 Å². The summed E-state index contributed by atoms with van der Waals surface area (Å²) in [6, 6.07) is 14.0. The number of aryl methyl sites for hydroxylation is 3. The maximum atomic E-state index is 8.76. The van der Waals surface area contributed by atoms with Gasteiger partial charge < -0.3 is 0 Å². The lowest BCUT2D eigenvalue weighted by Gasteiger charge is -2.20. The summed E-state index contributed by atoms with van der Waals surface area (Å²) in [7, 11) is 0. The van der Waals surface area contributed by atoms with Crippen molar-refractivity contribution >= 4 is 0 Å². The molecule has 2 aromatic carbocycles. The molecule has 3 rings (SSSR count). The molecule has 0 bridgehead atoms. The van der Waals surface area contributed by atoms with Crippen molar-refractivity contribution in [2.75, 3.05) is 0 Å². The molecule has 0 aliphatic heterocycles. The standard InChI is InChI=1S/C25H29N/c1-17-12-18(2)23(14-22(17)20-10-8-7-9-11-20)24-13-21(15-25(4,5)6)19(3)16-26-24/h7-14,16H,15H2,1-6H3/i1D3,3D3,15D2. The Morgan fingerprint density at radius 2 is 1.65 bits per heavy atom. The van der Waals surface area contributed by atoms with E-state index in [9.17, 15) is 0 Å². The first-order chi connectivity index (χ1) is 15.4. The summed E-state index contributed by atoms with van der Waals surface area (Å²) in [4.78, 5) is 4.39. The van der Waals surface area contributed by atoms with E-state index in [0.29, 0.717) is 22.4 Å². The molecule has 0 amide bonds. The van der Waals surface area contributed by atoms with E-state index in [1.807, 2.05) is 30.3 Å². The van der Waals surface area contributed by atoms with Crippen molar-refractivity contribution in [3.8, 4) is 22.4 Å². The van der Waals surface area contributed by atoms with Crippen LogP contribution in [0.2, 0.25) is 0 Å². The fourth-order valence-electron chi connectivity index (χ4n) is 2.95. The van der Waals surface area contributed by atoms with E-state index in [2.05, 4.69) is 4.98 Å². The Hall–Kier alpha value is -2.41. The van der Waals surface area contributed by atoms with Crippen LogP contribution in [-0.4, -0.2) is 4.98 Å².